The molecular weight excluding hydrogens is 290 g/mol. The predicted molar refractivity (Wildman–Crippen MR) is 76.1 cm³/mol. The summed E-state index contributed by atoms with van der Waals surface area (Å²) in [4.78, 5) is 2.78. The SMILES string of the molecule is CSC(C)CCNCc1cc(Br)c(C)s1. The minimum Gasteiger partial charge on any atom is -0.312 e. The lowest BCUT2D eigenvalue weighted by atomic mass is 10.3. The van der Waals surface area contributed by atoms with E-state index in [0.29, 0.717) is 0 Å². The maximum absolute atomic E-state index is 3.54. The van der Waals surface area contributed by atoms with Crippen LogP contribution in [0.2, 0.25) is 0 Å². The third kappa shape index (κ3) is 4.89. The second-order valence-electron chi connectivity index (χ2n) is 3.63. The fourth-order valence-corrected chi connectivity index (χ4v) is 3.16. The Balaban J connectivity index is 2.20. The van der Waals surface area contributed by atoms with Crippen molar-refractivity contribution in [1.82, 2.24) is 5.32 Å². The van der Waals surface area contributed by atoms with E-state index in [1.54, 1.807) is 0 Å². The Morgan fingerprint density at radius 2 is 2.33 bits per heavy atom. The molecule has 0 fully saturated rings. The normalized spacial score (nSPS) is 13.1. The third-order valence-corrected chi connectivity index (χ3v) is 5.51. The van der Waals surface area contributed by atoms with Crippen molar-refractivity contribution in [3.05, 3.63) is 20.3 Å². The summed E-state index contributed by atoms with van der Waals surface area (Å²) < 4.78 is 1.24. The van der Waals surface area contributed by atoms with Gasteiger partial charge >= 0.3 is 0 Å². The van der Waals surface area contributed by atoms with Crippen LogP contribution >= 0.6 is 39.0 Å². The molecule has 0 aromatic carbocycles. The molecule has 0 saturated heterocycles. The molecule has 1 aromatic heterocycles. The van der Waals surface area contributed by atoms with Crippen molar-refractivity contribution in [3.8, 4) is 0 Å². The first-order valence-corrected chi connectivity index (χ1v) is 8.01. The molecule has 1 heterocycles. The number of halogens is 1. The fraction of sp³-hybridized carbons (Fsp3) is 0.636. The quantitative estimate of drug-likeness (QED) is 0.796. The number of hydrogen-bond acceptors (Lipinski definition) is 3. The molecule has 0 saturated carbocycles. The second-order valence-corrected chi connectivity index (χ2v) is 7.10. The lowest BCUT2D eigenvalue weighted by molar-refractivity contribution is 0.653. The molecule has 0 radical (unpaired) electrons. The van der Waals surface area contributed by atoms with Gasteiger partial charge < -0.3 is 5.32 Å². The summed E-state index contributed by atoms with van der Waals surface area (Å²) >= 11 is 7.34. The summed E-state index contributed by atoms with van der Waals surface area (Å²) in [6, 6.07) is 2.21. The van der Waals surface area contributed by atoms with Crippen LogP contribution in [-0.2, 0) is 6.54 Å². The molecule has 0 aliphatic carbocycles. The van der Waals surface area contributed by atoms with Crippen LogP contribution in [0.5, 0.6) is 0 Å². The van der Waals surface area contributed by atoms with Gasteiger partial charge in [0.05, 0.1) is 0 Å². The average Bonchev–Trinajstić information content (AvgIpc) is 2.53. The standard InChI is InChI=1S/C11H18BrNS2/c1-8(14-3)4-5-13-7-10-6-11(12)9(2)15-10/h6,8,13H,4-5,7H2,1-3H3. The van der Waals surface area contributed by atoms with Crippen LogP contribution < -0.4 is 5.32 Å². The van der Waals surface area contributed by atoms with Gasteiger partial charge in [-0.05, 0) is 48.1 Å². The Labute approximate surface area is 109 Å². The molecule has 0 aliphatic heterocycles. The molecule has 1 nitrogen and oxygen atoms in total. The van der Waals surface area contributed by atoms with Crippen molar-refractivity contribution in [2.45, 2.75) is 32.1 Å². The highest BCUT2D eigenvalue weighted by molar-refractivity contribution is 9.10. The number of rotatable bonds is 6. The highest BCUT2D eigenvalue weighted by Gasteiger charge is 2.02. The smallest absolute Gasteiger partial charge is 0.0314 e. The van der Waals surface area contributed by atoms with E-state index in [0.717, 1.165) is 18.3 Å². The number of thioether (sulfide) groups is 1. The molecule has 4 heteroatoms. The minimum absolute atomic E-state index is 0.759. The van der Waals surface area contributed by atoms with Crippen molar-refractivity contribution >= 4 is 39.0 Å². The summed E-state index contributed by atoms with van der Waals surface area (Å²) in [5.41, 5.74) is 0. The van der Waals surface area contributed by atoms with Crippen LogP contribution in [0.25, 0.3) is 0 Å². The van der Waals surface area contributed by atoms with E-state index in [9.17, 15) is 0 Å². The first-order valence-electron chi connectivity index (χ1n) is 5.11. The van der Waals surface area contributed by atoms with Crippen LogP contribution in [0.3, 0.4) is 0 Å². The molecule has 1 atom stereocenters. The van der Waals surface area contributed by atoms with Gasteiger partial charge in [-0.3, -0.25) is 0 Å². The van der Waals surface area contributed by atoms with Gasteiger partial charge in [-0.25, -0.2) is 0 Å². The van der Waals surface area contributed by atoms with Gasteiger partial charge in [-0.15, -0.1) is 11.3 Å². The van der Waals surface area contributed by atoms with E-state index < -0.39 is 0 Å². The third-order valence-electron chi connectivity index (χ3n) is 2.34. The highest BCUT2D eigenvalue weighted by atomic mass is 79.9. The molecule has 0 aliphatic rings. The lowest BCUT2D eigenvalue weighted by Crippen LogP contribution is -2.16. The zero-order valence-corrected chi connectivity index (χ0v) is 12.7. The van der Waals surface area contributed by atoms with Gasteiger partial charge in [0, 0.05) is 26.0 Å². The highest BCUT2D eigenvalue weighted by Crippen LogP contribution is 2.26. The van der Waals surface area contributed by atoms with Gasteiger partial charge in [0.1, 0.15) is 0 Å². The molecule has 1 N–H and O–H groups in total. The Hall–Kier alpha value is 0.490. The summed E-state index contributed by atoms with van der Waals surface area (Å²) in [7, 11) is 0. The van der Waals surface area contributed by atoms with Gasteiger partial charge in [-0.2, -0.15) is 11.8 Å². The molecule has 0 spiro atoms. The first-order chi connectivity index (χ1) is 7.13. The monoisotopic (exact) mass is 307 g/mol. The van der Waals surface area contributed by atoms with Crippen molar-refractivity contribution in [3.63, 3.8) is 0 Å². The van der Waals surface area contributed by atoms with Crippen molar-refractivity contribution in [1.29, 1.82) is 0 Å². The summed E-state index contributed by atoms with van der Waals surface area (Å²) in [6.07, 6.45) is 3.41. The number of thiophene rings is 1. The topological polar surface area (TPSA) is 12.0 Å². The maximum atomic E-state index is 3.54. The largest absolute Gasteiger partial charge is 0.312 e. The van der Waals surface area contributed by atoms with Gasteiger partial charge in [0.2, 0.25) is 0 Å². The Bertz CT molecular complexity index is 279. The minimum atomic E-state index is 0.759. The zero-order valence-electron chi connectivity index (χ0n) is 9.47. The predicted octanol–water partition coefficient (Wildman–Crippen LogP) is 4.05. The van der Waals surface area contributed by atoms with Crippen molar-refractivity contribution < 1.29 is 0 Å². The second kappa shape index (κ2) is 6.94. The van der Waals surface area contributed by atoms with E-state index >= 15 is 0 Å². The summed E-state index contributed by atoms with van der Waals surface area (Å²) in [6.45, 7) is 6.53. The average molecular weight is 308 g/mol. The van der Waals surface area contributed by atoms with Gasteiger partial charge in [-0.1, -0.05) is 6.92 Å². The Kier molecular flexibility index (Phi) is 6.27. The number of hydrogen-bond donors (Lipinski definition) is 1. The molecular formula is C11H18BrNS2. The molecule has 86 valence electrons. The van der Waals surface area contributed by atoms with Crippen LogP contribution in [0.4, 0.5) is 0 Å². The van der Waals surface area contributed by atoms with E-state index in [4.69, 9.17) is 0 Å². The molecule has 1 rings (SSSR count). The van der Waals surface area contributed by atoms with Crippen LogP contribution in [0.15, 0.2) is 10.5 Å². The van der Waals surface area contributed by atoms with E-state index in [1.165, 1.54) is 20.6 Å². The van der Waals surface area contributed by atoms with Crippen molar-refractivity contribution in [2.24, 2.45) is 0 Å². The molecule has 1 aromatic rings. The van der Waals surface area contributed by atoms with Crippen LogP contribution in [-0.4, -0.2) is 18.1 Å². The van der Waals surface area contributed by atoms with Crippen LogP contribution in [0, 0.1) is 6.92 Å². The van der Waals surface area contributed by atoms with E-state index in [-0.39, 0.29) is 0 Å². The molecule has 1 unspecified atom stereocenters. The first kappa shape index (κ1) is 13.6. The number of aryl methyl sites for hydroxylation is 1. The zero-order chi connectivity index (χ0) is 11.3. The summed E-state index contributed by atoms with van der Waals surface area (Å²) in [5, 5.41) is 4.24. The van der Waals surface area contributed by atoms with E-state index in [2.05, 4.69) is 47.4 Å². The Morgan fingerprint density at radius 3 is 2.87 bits per heavy atom. The lowest BCUT2D eigenvalue weighted by Gasteiger charge is -2.07. The molecule has 15 heavy (non-hydrogen) atoms. The number of nitrogens with one attached hydrogen (secondary N) is 1. The van der Waals surface area contributed by atoms with E-state index in [1.807, 2.05) is 23.1 Å². The molecule has 0 bridgehead atoms. The maximum Gasteiger partial charge on any atom is 0.0314 e. The molecule has 0 amide bonds. The van der Waals surface area contributed by atoms with Crippen molar-refractivity contribution in [2.75, 3.05) is 12.8 Å². The Morgan fingerprint density at radius 1 is 1.60 bits per heavy atom. The van der Waals surface area contributed by atoms with Gasteiger partial charge in [0.25, 0.3) is 0 Å². The van der Waals surface area contributed by atoms with Gasteiger partial charge in [0.15, 0.2) is 0 Å². The fourth-order valence-electron chi connectivity index (χ4n) is 1.24. The summed E-state index contributed by atoms with van der Waals surface area (Å²) in [5.74, 6) is 0. The van der Waals surface area contributed by atoms with Crippen LogP contribution in [0.1, 0.15) is 23.1 Å².